The van der Waals surface area contributed by atoms with Gasteiger partial charge in [-0.25, -0.2) is 9.78 Å². The molecule has 0 aliphatic carbocycles. The second-order valence-electron chi connectivity index (χ2n) is 6.13. The fourth-order valence-corrected chi connectivity index (χ4v) is 3.20. The number of amides is 2. The molecule has 1 aliphatic rings. The molecule has 1 unspecified atom stereocenters. The van der Waals surface area contributed by atoms with Crippen LogP contribution in [0, 0.1) is 0 Å². The molecule has 0 radical (unpaired) electrons. The third-order valence-electron chi connectivity index (χ3n) is 4.53. The molecule has 3 rings (SSSR count). The molecule has 7 heteroatoms. The molecule has 132 valence electrons. The van der Waals surface area contributed by atoms with Crippen LogP contribution in [0.5, 0.6) is 5.75 Å². The van der Waals surface area contributed by atoms with Crippen molar-refractivity contribution >= 4 is 11.8 Å². The summed E-state index contributed by atoms with van der Waals surface area (Å²) in [5.41, 5.74) is 0.750. The molecule has 1 N–H and O–H groups in total. The van der Waals surface area contributed by atoms with Crippen LogP contribution in [-0.4, -0.2) is 40.2 Å². The monoisotopic (exact) mass is 342 g/mol. The van der Waals surface area contributed by atoms with Gasteiger partial charge in [-0.15, -0.1) is 0 Å². The van der Waals surface area contributed by atoms with E-state index in [9.17, 15) is 9.59 Å². The van der Waals surface area contributed by atoms with Gasteiger partial charge >= 0.3 is 6.03 Å². The number of benzene rings is 1. The van der Waals surface area contributed by atoms with Crippen molar-refractivity contribution in [3.63, 3.8) is 0 Å². The number of nitrogens with zero attached hydrogens (tertiary/aromatic N) is 3. The number of anilines is 1. The largest absolute Gasteiger partial charge is 0.496 e. The number of para-hydroxylation sites is 1. The first kappa shape index (κ1) is 17.0. The van der Waals surface area contributed by atoms with E-state index in [0.717, 1.165) is 30.6 Å². The lowest BCUT2D eigenvalue weighted by molar-refractivity contribution is 0.206. The van der Waals surface area contributed by atoms with Gasteiger partial charge in [-0.3, -0.25) is 10.1 Å². The minimum atomic E-state index is -0.323. The number of nitrogens with one attached hydrogen (secondary N) is 1. The lowest BCUT2D eigenvalue weighted by Crippen LogP contribution is -2.41. The zero-order valence-corrected chi connectivity index (χ0v) is 14.4. The molecular weight excluding hydrogens is 320 g/mol. The normalized spacial score (nSPS) is 16.7. The van der Waals surface area contributed by atoms with Crippen molar-refractivity contribution in [2.75, 3.05) is 19.0 Å². The zero-order valence-electron chi connectivity index (χ0n) is 14.4. The van der Waals surface area contributed by atoms with E-state index in [-0.39, 0.29) is 23.5 Å². The standard InChI is InChI=1S/C18H22N4O3/c1-21-11-9-19-16(17(21)23)20-18(24)22-10-5-7-14(22)12-13-6-3-4-8-15(13)25-2/h3-4,6,8-9,11,14H,5,7,10,12H2,1-2H3,(H,19,20,24). The van der Waals surface area contributed by atoms with E-state index in [4.69, 9.17) is 4.74 Å². The number of urea groups is 1. The van der Waals surface area contributed by atoms with Crippen molar-refractivity contribution in [1.29, 1.82) is 0 Å². The number of aromatic nitrogens is 2. The van der Waals surface area contributed by atoms with Crippen LogP contribution in [0.1, 0.15) is 18.4 Å². The summed E-state index contributed by atoms with van der Waals surface area (Å²) in [4.78, 5) is 30.4. The van der Waals surface area contributed by atoms with Crippen molar-refractivity contribution < 1.29 is 9.53 Å². The van der Waals surface area contributed by atoms with Crippen LogP contribution in [0.2, 0.25) is 0 Å². The van der Waals surface area contributed by atoms with Gasteiger partial charge in [-0.1, -0.05) is 18.2 Å². The number of aryl methyl sites for hydroxylation is 1. The number of likely N-dealkylation sites (tertiary alicyclic amines) is 1. The molecule has 25 heavy (non-hydrogen) atoms. The second kappa shape index (κ2) is 7.38. The topological polar surface area (TPSA) is 76.5 Å². The highest BCUT2D eigenvalue weighted by Crippen LogP contribution is 2.26. The van der Waals surface area contributed by atoms with E-state index in [2.05, 4.69) is 10.3 Å². The summed E-state index contributed by atoms with van der Waals surface area (Å²) in [6, 6.07) is 7.62. The Morgan fingerprint density at radius 2 is 2.20 bits per heavy atom. The van der Waals surface area contributed by atoms with Gasteiger partial charge in [-0.2, -0.15) is 0 Å². The number of ether oxygens (including phenoxy) is 1. The maximum absolute atomic E-state index is 12.6. The van der Waals surface area contributed by atoms with Crippen molar-refractivity contribution in [3.8, 4) is 5.75 Å². The Labute approximate surface area is 146 Å². The summed E-state index contributed by atoms with van der Waals surface area (Å²) in [7, 11) is 3.27. The lowest BCUT2D eigenvalue weighted by Gasteiger charge is -2.25. The number of carbonyl (C=O) groups excluding carboxylic acids is 1. The van der Waals surface area contributed by atoms with E-state index in [1.165, 1.54) is 10.8 Å². The average molecular weight is 342 g/mol. The molecule has 0 spiro atoms. The van der Waals surface area contributed by atoms with Crippen LogP contribution in [0.4, 0.5) is 10.6 Å². The van der Waals surface area contributed by atoms with Gasteiger partial charge in [0.05, 0.1) is 7.11 Å². The van der Waals surface area contributed by atoms with Gasteiger partial charge in [0, 0.05) is 32.0 Å². The Bertz CT molecular complexity index is 818. The second-order valence-corrected chi connectivity index (χ2v) is 6.13. The van der Waals surface area contributed by atoms with Gasteiger partial charge in [0.2, 0.25) is 5.82 Å². The summed E-state index contributed by atoms with van der Waals surface area (Å²) in [6.45, 7) is 0.665. The van der Waals surface area contributed by atoms with Gasteiger partial charge in [0.15, 0.2) is 0 Å². The van der Waals surface area contributed by atoms with Crippen LogP contribution >= 0.6 is 0 Å². The fraction of sp³-hybridized carbons (Fsp3) is 0.389. The third-order valence-corrected chi connectivity index (χ3v) is 4.53. The Hall–Kier alpha value is -2.83. The van der Waals surface area contributed by atoms with Crippen LogP contribution in [0.15, 0.2) is 41.5 Å². The molecule has 1 aromatic carbocycles. The van der Waals surface area contributed by atoms with E-state index in [1.54, 1.807) is 25.3 Å². The predicted molar refractivity (Wildman–Crippen MR) is 94.9 cm³/mol. The molecule has 1 saturated heterocycles. The summed E-state index contributed by atoms with van der Waals surface area (Å²) < 4.78 is 6.79. The van der Waals surface area contributed by atoms with Crippen molar-refractivity contribution in [2.24, 2.45) is 7.05 Å². The lowest BCUT2D eigenvalue weighted by atomic mass is 10.0. The minimum absolute atomic E-state index is 0.0536. The molecule has 2 heterocycles. The molecule has 1 aliphatic heterocycles. The number of carbonyl (C=O) groups is 1. The maximum Gasteiger partial charge on any atom is 0.323 e. The molecule has 1 aromatic heterocycles. The summed E-state index contributed by atoms with van der Waals surface area (Å²) in [5.74, 6) is 0.881. The highest BCUT2D eigenvalue weighted by atomic mass is 16.5. The number of hydrogen-bond donors (Lipinski definition) is 1. The van der Waals surface area contributed by atoms with Crippen molar-refractivity contribution in [1.82, 2.24) is 14.5 Å². The van der Waals surface area contributed by atoms with E-state index < -0.39 is 0 Å². The van der Waals surface area contributed by atoms with E-state index in [0.29, 0.717) is 6.54 Å². The van der Waals surface area contributed by atoms with Crippen LogP contribution in [-0.2, 0) is 13.5 Å². The highest BCUT2D eigenvalue weighted by molar-refractivity contribution is 5.88. The van der Waals surface area contributed by atoms with Crippen molar-refractivity contribution in [3.05, 3.63) is 52.6 Å². The van der Waals surface area contributed by atoms with Crippen LogP contribution in [0.3, 0.4) is 0 Å². The first-order chi connectivity index (χ1) is 12.1. The molecule has 2 amide bonds. The number of rotatable bonds is 4. The first-order valence-electron chi connectivity index (χ1n) is 8.31. The Kier molecular flexibility index (Phi) is 5.02. The van der Waals surface area contributed by atoms with Gasteiger partial charge in [0.25, 0.3) is 5.56 Å². The van der Waals surface area contributed by atoms with Crippen LogP contribution < -0.4 is 15.6 Å². The van der Waals surface area contributed by atoms with Gasteiger partial charge in [-0.05, 0) is 30.9 Å². The molecular formula is C18H22N4O3. The Morgan fingerprint density at radius 1 is 1.40 bits per heavy atom. The van der Waals surface area contributed by atoms with E-state index >= 15 is 0 Å². The van der Waals surface area contributed by atoms with Gasteiger partial charge < -0.3 is 14.2 Å². The molecule has 0 bridgehead atoms. The van der Waals surface area contributed by atoms with Crippen molar-refractivity contribution in [2.45, 2.75) is 25.3 Å². The number of hydrogen-bond acceptors (Lipinski definition) is 4. The van der Waals surface area contributed by atoms with E-state index in [1.807, 2.05) is 24.3 Å². The average Bonchev–Trinajstić information content (AvgIpc) is 3.08. The Morgan fingerprint density at radius 3 is 3.00 bits per heavy atom. The van der Waals surface area contributed by atoms with Crippen LogP contribution in [0.25, 0.3) is 0 Å². The highest BCUT2D eigenvalue weighted by Gasteiger charge is 2.30. The summed E-state index contributed by atoms with van der Waals surface area (Å²) >= 11 is 0. The summed E-state index contributed by atoms with van der Waals surface area (Å²) in [5, 5.41) is 2.65. The Balaban J connectivity index is 1.74. The predicted octanol–water partition coefficient (Wildman–Crippen LogP) is 2.03. The minimum Gasteiger partial charge on any atom is -0.496 e. The molecule has 1 fully saturated rings. The maximum atomic E-state index is 12.6. The fourth-order valence-electron chi connectivity index (χ4n) is 3.20. The SMILES string of the molecule is COc1ccccc1CC1CCCN1C(=O)Nc1nccn(C)c1=O. The molecule has 7 nitrogen and oxygen atoms in total. The smallest absolute Gasteiger partial charge is 0.323 e. The number of methoxy groups -OCH3 is 1. The first-order valence-corrected chi connectivity index (χ1v) is 8.31. The molecule has 0 saturated carbocycles. The quantitative estimate of drug-likeness (QED) is 0.922. The van der Waals surface area contributed by atoms with Gasteiger partial charge in [0.1, 0.15) is 5.75 Å². The third kappa shape index (κ3) is 3.65. The molecule has 1 atom stereocenters. The zero-order chi connectivity index (χ0) is 17.8. The molecule has 2 aromatic rings. The summed E-state index contributed by atoms with van der Waals surface area (Å²) in [6.07, 6.45) is 5.63.